The molecule has 2 rings (SSSR count). The van der Waals surface area contributed by atoms with E-state index in [4.69, 9.17) is 11.6 Å². The largest absolute Gasteiger partial charge is 0.326 e. The van der Waals surface area contributed by atoms with E-state index in [1.165, 1.54) is 24.3 Å². The van der Waals surface area contributed by atoms with Crippen LogP contribution in [0.25, 0.3) is 0 Å². The molecule has 2 N–H and O–H groups in total. The molecule has 0 fully saturated rings. The molecule has 0 unspecified atom stereocenters. The minimum absolute atomic E-state index is 0.0204. The number of benzene rings is 1. The molecule has 1 aromatic carbocycles. The number of amides is 1. The summed E-state index contributed by atoms with van der Waals surface area (Å²) >= 11 is 5.49. The number of sulfonamides is 1. The Morgan fingerprint density at radius 2 is 1.71 bits per heavy atom. The number of aryl methyl sites for hydroxylation is 2. The Hall–Kier alpha value is -2.19. The summed E-state index contributed by atoms with van der Waals surface area (Å²) in [6, 6.07) is 7.53. The summed E-state index contributed by atoms with van der Waals surface area (Å²) in [5, 5.41) is 2.62. The second-order valence-corrected chi connectivity index (χ2v) is 7.15. The summed E-state index contributed by atoms with van der Waals surface area (Å²) < 4.78 is 27.1. The Morgan fingerprint density at radius 3 is 2.25 bits per heavy atom. The zero-order valence-corrected chi connectivity index (χ0v) is 14.8. The van der Waals surface area contributed by atoms with Crippen LogP contribution in [0.5, 0.6) is 0 Å². The van der Waals surface area contributed by atoms with E-state index in [2.05, 4.69) is 20.0 Å². The highest BCUT2D eigenvalue weighted by Gasteiger charge is 2.16. The molecule has 0 radical (unpaired) electrons. The van der Waals surface area contributed by atoms with E-state index in [9.17, 15) is 13.2 Å². The van der Waals surface area contributed by atoms with Crippen molar-refractivity contribution in [2.75, 3.05) is 15.9 Å². The van der Waals surface area contributed by atoms with Crippen molar-refractivity contribution in [3.63, 3.8) is 0 Å². The highest BCUT2D eigenvalue weighted by molar-refractivity contribution is 7.92. The monoisotopic (exact) mass is 368 g/mol. The van der Waals surface area contributed by atoms with Gasteiger partial charge in [0.2, 0.25) is 11.9 Å². The predicted molar refractivity (Wildman–Crippen MR) is 92.7 cm³/mol. The van der Waals surface area contributed by atoms with Crippen LogP contribution >= 0.6 is 11.6 Å². The zero-order valence-electron chi connectivity index (χ0n) is 13.2. The maximum absolute atomic E-state index is 12.4. The van der Waals surface area contributed by atoms with Gasteiger partial charge in [0.05, 0.1) is 4.90 Å². The lowest BCUT2D eigenvalue weighted by molar-refractivity contribution is -0.115. The molecule has 0 saturated heterocycles. The standard InChI is InChI=1S/C15H17ClN4O3S/c1-10-9-11(2)18-15(17-10)20-24(22,23)13-5-3-12(4-6-13)19-14(21)7-8-16/h3-6,9H,7-8H2,1-2H3,(H,19,21)(H,17,18,20). The van der Waals surface area contributed by atoms with Crippen LogP contribution in [-0.4, -0.2) is 30.2 Å². The molecule has 24 heavy (non-hydrogen) atoms. The van der Waals surface area contributed by atoms with Crippen molar-refractivity contribution in [2.45, 2.75) is 25.2 Å². The number of carbonyl (C=O) groups excluding carboxylic acids is 1. The molecule has 128 valence electrons. The quantitative estimate of drug-likeness (QED) is 0.762. The number of nitrogens with zero attached hydrogens (tertiary/aromatic N) is 2. The minimum atomic E-state index is -3.81. The van der Waals surface area contributed by atoms with Crippen LogP contribution in [0.2, 0.25) is 0 Å². The van der Waals surface area contributed by atoms with Crippen molar-refractivity contribution >= 4 is 39.2 Å². The van der Waals surface area contributed by atoms with Crippen LogP contribution in [0.4, 0.5) is 11.6 Å². The molecule has 1 aromatic heterocycles. The molecule has 0 bridgehead atoms. The molecule has 1 amide bonds. The van der Waals surface area contributed by atoms with Gasteiger partial charge in [-0.05, 0) is 44.2 Å². The Labute approximate surface area is 145 Å². The molecule has 0 aliphatic rings. The van der Waals surface area contributed by atoms with Gasteiger partial charge in [0.1, 0.15) is 0 Å². The third kappa shape index (κ3) is 4.90. The topological polar surface area (TPSA) is 101 Å². The molecule has 0 aliphatic heterocycles. The number of alkyl halides is 1. The lowest BCUT2D eigenvalue weighted by Gasteiger charge is -2.09. The number of halogens is 1. The molecule has 2 aromatic rings. The number of hydrogen-bond acceptors (Lipinski definition) is 5. The van der Waals surface area contributed by atoms with Crippen molar-refractivity contribution in [3.8, 4) is 0 Å². The minimum Gasteiger partial charge on any atom is -0.326 e. The molecular formula is C15H17ClN4O3S. The molecule has 0 spiro atoms. The summed E-state index contributed by atoms with van der Waals surface area (Å²) in [6.45, 7) is 3.51. The van der Waals surface area contributed by atoms with E-state index in [0.717, 1.165) is 0 Å². The second-order valence-electron chi connectivity index (χ2n) is 5.09. The molecule has 9 heteroatoms. The summed E-state index contributed by atoms with van der Waals surface area (Å²) in [6.07, 6.45) is 0.188. The van der Waals surface area contributed by atoms with Crippen molar-refractivity contribution in [2.24, 2.45) is 0 Å². The van der Waals surface area contributed by atoms with Gasteiger partial charge in [-0.1, -0.05) is 0 Å². The van der Waals surface area contributed by atoms with E-state index >= 15 is 0 Å². The van der Waals surface area contributed by atoms with E-state index < -0.39 is 10.0 Å². The molecule has 0 aliphatic carbocycles. The highest BCUT2D eigenvalue weighted by atomic mass is 35.5. The molecule has 7 nitrogen and oxygen atoms in total. The second kappa shape index (κ2) is 7.59. The molecular weight excluding hydrogens is 352 g/mol. The predicted octanol–water partition coefficient (Wildman–Crippen LogP) is 2.46. The average molecular weight is 369 g/mol. The third-order valence-electron chi connectivity index (χ3n) is 2.98. The maximum Gasteiger partial charge on any atom is 0.264 e. The highest BCUT2D eigenvalue weighted by Crippen LogP contribution is 2.17. The Morgan fingerprint density at radius 1 is 1.12 bits per heavy atom. The first kappa shape index (κ1) is 18.2. The van der Waals surface area contributed by atoms with Crippen molar-refractivity contribution in [1.82, 2.24) is 9.97 Å². The smallest absolute Gasteiger partial charge is 0.264 e. The van der Waals surface area contributed by atoms with Gasteiger partial charge in [0.25, 0.3) is 10.0 Å². The third-order valence-corrected chi connectivity index (χ3v) is 4.51. The molecule has 0 saturated carbocycles. The fraction of sp³-hybridized carbons (Fsp3) is 0.267. The van der Waals surface area contributed by atoms with Crippen molar-refractivity contribution < 1.29 is 13.2 Å². The normalized spacial score (nSPS) is 11.1. The Kier molecular flexibility index (Phi) is 5.74. The fourth-order valence-corrected chi connectivity index (χ4v) is 3.09. The van der Waals surface area contributed by atoms with Gasteiger partial charge in [-0.25, -0.2) is 23.1 Å². The first-order chi connectivity index (χ1) is 11.3. The number of anilines is 2. The van der Waals surface area contributed by atoms with Gasteiger partial charge in [0, 0.05) is 29.4 Å². The lowest BCUT2D eigenvalue weighted by Crippen LogP contribution is -2.16. The van der Waals surface area contributed by atoms with Gasteiger partial charge in [-0.3, -0.25) is 4.79 Å². The number of carbonyl (C=O) groups is 1. The number of rotatable bonds is 6. The molecule has 0 atom stereocenters. The van der Waals surface area contributed by atoms with Gasteiger partial charge in [0.15, 0.2) is 0 Å². The summed E-state index contributed by atoms with van der Waals surface area (Å²) in [4.78, 5) is 19.6. The zero-order chi connectivity index (χ0) is 17.7. The van der Waals surface area contributed by atoms with E-state index in [1.807, 2.05) is 0 Å². The summed E-state index contributed by atoms with van der Waals surface area (Å²) in [7, 11) is -3.81. The number of hydrogen-bond donors (Lipinski definition) is 2. The Balaban J connectivity index is 2.16. The van der Waals surface area contributed by atoms with E-state index in [1.54, 1.807) is 19.9 Å². The molecule has 1 heterocycles. The van der Waals surface area contributed by atoms with Gasteiger partial charge >= 0.3 is 0 Å². The van der Waals surface area contributed by atoms with Crippen LogP contribution in [0.1, 0.15) is 17.8 Å². The van der Waals surface area contributed by atoms with Crippen LogP contribution < -0.4 is 10.0 Å². The van der Waals surface area contributed by atoms with Crippen molar-refractivity contribution in [3.05, 3.63) is 41.7 Å². The van der Waals surface area contributed by atoms with Gasteiger partial charge in [-0.2, -0.15) is 0 Å². The average Bonchev–Trinajstić information content (AvgIpc) is 2.46. The van der Waals surface area contributed by atoms with Gasteiger partial charge in [-0.15, -0.1) is 11.6 Å². The van der Waals surface area contributed by atoms with Crippen LogP contribution in [0.3, 0.4) is 0 Å². The van der Waals surface area contributed by atoms with Crippen LogP contribution in [0, 0.1) is 13.8 Å². The number of aromatic nitrogens is 2. The summed E-state index contributed by atoms with van der Waals surface area (Å²) in [5.41, 5.74) is 1.82. The first-order valence-corrected chi connectivity index (χ1v) is 9.13. The van der Waals surface area contributed by atoms with Crippen LogP contribution in [0.15, 0.2) is 35.2 Å². The SMILES string of the molecule is Cc1cc(C)nc(NS(=O)(=O)c2ccc(NC(=O)CCCl)cc2)n1. The summed E-state index contributed by atoms with van der Waals surface area (Å²) in [5.74, 6) is 0.00681. The Bertz CT molecular complexity index is 818. The lowest BCUT2D eigenvalue weighted by atomic mass is 10.3. The first-order valence-electron chi connectivity index (χ1n) is 7.11. The fourth-order valence-electron chi connectivity index (χ4n) is 1.98. The van der Waals surface area contributed by atoms with Crippen molar-refractivity contribution in [1.29, 1.82) is 0 Å². The van der Waals surface area contributed by atoms with Gasteiger partial charge < -0.3 is 5.32 Å². The van der Waals surface area contributed by atoms with E-state index in [-0.39, 0.29) is 29.1 Å². The van der Waals surface area contributed by atoms with E-state index in [0.29, 0.717) is 17.1 Å². The maximum atomic E-state index is 12.4. The van der Waals surface area contributed by atoms with Crippen LogP contribution in [-0.2, 0) is 14.8 Å². The number of nitrogens with one attached hydrogen (secondary N) is 2.